The Labute approximate surface area is 215 Å². The van der Waals surface area contributed by atoms with Crippen molar-refractivity contribution < 1.29 is 29.0 Å². The Morgan fingerprint density at radius 2 is 2.08 bits per heavy atom. The van der Waals surface area contributed by atoms with Gasteiger partial charge in [-0.25, -0.2) is 9.78 Å². The van der Waals surface area contributed by atoms with E-state index in [2.05, 4.69) is 5.10 Å². The van der Waals surface area contributed by atoms with Crippen molar-refractivity contribution in [2.45, 2.75) is 32.1 Å². The van der Waals surface area contributed by atoms with Gasteiger partial charge < -0.3 is 19.3 Å². The van der Waals surface area contributed by atoms with Gasteiger partial charge in [-0.3, -0.25) is 24.5 Å². The van der Waals surface area contributed by atoms with E-state index >= 15 is 0 Å². The second-order valence-electron chi connectivity index (χ2n) is 9.19. The molecule has 2 aromatic heterocycles. The molecule has 196 valence electrons. The largest absolute Gasteiger partial charge is 0.458 e. The molecule has 0 amide bonds. The smallest absolute Gasteiger partial charge is 0.343 e. The second kappa shape index (κ2) is 8.97. The van der Waals surface area contributed by atoms with Gasteiger partial charge >= 0.3 is 11.7 Å². The van der Waals surface area contributed by atoms with Crippen LogP contribution in [0.25, 0.3) is 22.3 Å². The number of nitro groups is 1. The number of hydrazone groups is 1. The topological polar surface area (TPSA) is 159 Å². The van der Waals surface area contributed by atoms with E-state index in [-0.39, 0.29) is 49.0 Å². The minimum Gasteiger partial charge on any atom is -0.458 e. The summed E-state index contributed by atoms with van der Waals surface area (Å²) in [7, 11) is 0. The SMILES string of the molecule is CC[C@@]1(O)C(=O)OCc2c1c([N+](=O)[O-])c1n(c2=O)Cc2c-1nc1ccccc1c2/C=N/N1CCOCOC1. The number of cyclic esters (lactones) is 1. The highest BCUT2D eigenvalue weighted by atomic mass is 16.7. The number of ether oxygens (including phenoxy) is 3. The van der Waals surface area contributed by atoms with Crippen molar-refractivity contribution in [1.82, 2.24) is 14.6 Å². The van der Waals surface area contributed by atoms with Gasteiger partial charge in [0.1, 0.15) is 31.5 Å². The lowest BCUT2D eigenvalue weighted by Crippen LogP contribution is -2.45. The molecular weight excluding hydrogens is 498 g/mol. The maximum Gasteiger partial charge on any atom is 0.343 e. The molecule has 3 aliphatic rings. The van der Waals surface area contributed by atoms with Crippen molar-refractivity contribution in [2.75, 3.05) is 26.7 Å². The third-order valence-corrected chi connectivity index (χ3v) is 7.16. The third-order valence-electron chi connectivity index (χ3n) is 7.16. The standard InChI is InChI=1S/C25H23N5O8/c1-2-25(33)19-17(11-38-24(25)32)23(31)29-10-16-15(9-26-28-7-8-36-13-37-12-28)14-5-3-4-6-18(14)27-20(16)22(29)21(19)30(34)35/h3-6,9,33H,2,7-8,10-13H2,1H3/b26-9+/t25-/m0/s1. The molecule has 0 saturated carbocycles. The summed E-state index contributed by atoms with van der Waals surface area (Å²) in [4.78, 5) is 42.8. The van der Waals surface area contributed by atoms with Crippen LogP contribution in [0.4, 0.5) is 5.69 Å². The van der Waals surface area contributed by atoms with Crippen LogP contribution in [0.5, 0.6) is 0 Å². The Bertz CT molecular complexity index is 1590. The Hall–Kier alpha value is -4.20. The third kappa shape index (κ3) is 3.50. The number of hydrogen-bond acceptors (Lipinski definition) is 11. The molecule has 5 heterocycles. The molecule has 1 N–H and O–H groups in total. The normalized spacial score (nSPS) is 20.7. The highest BCUT2D eigenvalue weighted by Crippen LogP contribution is 2.46. The first-order valence-corrected chi connectivity index (χ1v) is 12.1. The van der Waals surface area contributed by atoms with Gasteiger partial charge in [0.05, 0.1) is 47.5 Å². The van der Waals surface area contributed by atoms with Crippen LogP contribution >= 0.6 is 0 Å². The summed E-state index contributed by atoms with van der Waals surface area (Å²) in [6.45, 7) is 2.36. The number of carbonyl (C=O) groups is 1. The maximum absolute atomic E-state index is 13.6. The van der Waals surface area contributed by atoms with E-state index in [0.717, 1.165) is 5.39 Å². The van der Waals surface area contributed by atoms with Crippen LogP contribution in [0.15, 0.2) is 34.2 Å². The van der Waals surface area contributed by atoms with Crippen LogP contribution < -0.4 is 5.56 Å². The summed E-state index contributed by atoms with van der Waals surface area (Å²) in [5.41, 5.74) is -1.95. The molecule has 6 rings (SSSR count). The quantitative estimate of drug-likeness (QED) is 0.181. The van der Waals surface area contributed by atoms with Crippen molar-refractivity contribution in [1.29, 1.82) is 0 Å². The predicted molar refractivity (Wildman–Crippen MR) is 132 cm³/mol. The monoisotopic (exact) mass is 521 g/mol. The number of aromatic nitrogens is 2. The molecule has 0 radical (unpaired) electrons. The first-order chi connectivity index (χ1) is 18.3. The van der Waals surface area contributed by atoms with E-state index in [4.69, 9.17) is 19.2 Å². The number of para-hydroxylation sites is 1. The summed E-state index contributed by atoms with van der Waals surface area (Å²) >= 11 is 0. The molecule has 1 atom stereocenters. The first-order valence-electron chi connectivity index (χ1n) is 12.1. The van der Waals surface area contributed by atoms with Crippen molar-refractivity contribution in [3.63, 3.8) is 0 Å². The van der Waals surface area contributed by atoms with Crippen LogP contribution in [0.1, 0.15) is 35.6 Å². The van der Waals surface area contributed by atoms with E-state index in [1.807, 2.05) is 12.1 Å². The van der Waals surface area contributed by atoms with Gasteiger partial charge in [-0.1, -0.05) is 25.1 Å². The van der Waals surface area contributed by atoms with E-state index in [1.54, 1.807) is 23.4 Å². The highest BCUT2D eigenvalue weighted by Gasteiger charge is 2.52. The summed E-state index contributed by atoms with van der Waals surface area (Å²) in [5.74, 6) is -1.03. The van der Waals surface area contributed by atoms with Crippen molar-refractivity contribution in [3.05, 3.63) is 67.0 Å². The average molecular weight is 521 g/mol. The average Bonchev–Trinajstić information content (AvgIpc) is 3.09. The van der Waals surface area contributed by atoms with Gasteiger partial charge in [-0.2, -0.15) is 5.10 Å². The molecule has 0 spiro atoms. The van der Waals surface area contributed by atoms with E-state index in [1.165, 1.54) is 11.5 Å². The maximum atomic E-state index is 13.6. The predicted octanol–water partition coefficient (Wildman–Crippen LogP) is 1.59. The molecule has 1 saturated heterocycles. The van der Waals surface area contributed by atoms with Crippen LogP contribution in [0, 0.1) is 10.1 Å². The lowest BCUT2D eigenvalue weighted by atomic mass is 9.84. The molecule has 0 unspecified atom stereocenters. The number of fused-ring (bicyclic) bond motifs is 5. The summed E-state index contributed by atoms with van der Waals surface area (Å²) in [6, 6.07) is 7.26. The minimum absolute atomic E-state index is 0.00504. The van der Waals surface area contributed by atoms with E-state index < -0.39 is 34.3 Å². The van der Waals surface area contributed by atoms with E-state index in [9.17, 15) is 24.8 Å². The fourth-order valence-electron chi connectivity index (χ4n) is 5.25. The van der Waals surface area contributed by atoms with Crippen LogP contribution in [0.2, 0.25) is 0 Å². The second-order valence-corrected chi connectivity index (χ2v) is 9.19. The number of rotatable bonds is 4. The van der Waals surface area contributed by atoms with Crippen LogP contribution in [-0.2, 0) is 37.8 Å². The van der Waals surface area contributed by atoms with Crippen LogP contribution in [-0.4, -0.2) is 63.4 Å². The molecule has 1 fully saturated rings. The highest BCUT2D eigenvalue weighted by molar-refractivity contribution is 6.03. The van der Waals surface area contributed by atoms with Gasteiger partial charge in [-0.05, 0) is 12.5 Å². The number of nitrogens with zero attached hydrogens (tertiary/aromatic N) is 5. The molecule has 3 aliphatic heterocycles. The Kier molecular flexibility index (Phi) is 5.70. The van der Waals surface area contributed by atoms with Crippen molar-refractivity contribution in [3.8, 4) is 11.4 Å². The lowest BCUT2D eigenvalue weighted by Gasteiger charge is -2.31. The fraction of sp³-hybridized carbons (Fsp3) is 0.360. The number of aliphatic hydroxyl groups is 1. The van der Waals surface area contributed by atoms with E-state index in [0.29, 0.717) is 29.8 Å². The van der Waals surface area contributed by atoms with Crippen molar-refractivity contribution >= 4 is 28.8 Å². The molecule has 0 bridgehead atoms. The molecular formula is C25H23N5O8. The van der Waals surface area contributed by atoms with Gasteiger partial charge in [0.15, 0.2) is 5.60 Å². The first kappa shape index (κ1) is 24.2. The Morgan fingerprint density at radius 1 is 1.26 bits per heavy atom. The molecule has 13 nitrogen and oxygen atoms in total. The Balaban J connectivity index is 1.63. The number of hydrogen-bond donors (Lipinski definition) is 1. The molecule has 38 heavy (non-hydrogen) atoms. The lowest BCUT2D eigenvalue weighted by molar-refractivity contribution is -0.386. The summed E-state index contributed by atoms with van der Waals surface area (Å²) in [6.07, 6.45) is 1.43. The zero-order chi connectivity index (χ0) is 26.6. The summed E-state index contributed by atoms with van der Waals surface area (Å²) < 4.78 is 17.0. The van der Waals surface area contributed by atoms with Gasteiger partial charge in [-0.15, -0.1) is 0 Å². The van der Waals surface area contributed by atoms with Crippen molar-refractivity contribution in [2.24, 2.45) is 5.10 Å². The molecule has 3 aromatic rings. The van der Waals surface area contributed by atoms with Crippen LogP contribution in [0.3, 0.4) is 0 Å². The molecule has 13 heteroatoms. The minimum atomic E-state index is -2.33. The van der Waals surface area contributed by atoms with Gasteiger partial charge in [0, 0.05) is 16.5 Å². The zero-order valence-corrected chi connectivity index (χ0v) is 20.4. The fourth-order valence-corrected chi connectivity index (χ4v) is 5.25. The summed E-state index contributed by atoms with van der Waals surface area (Å²) in [5, 5.41) is 30.7. The number of carbonyl (C=O) groups excluding carboxylic acids is 1. The molecule has 0 aliphatic carbocycles. The number of pyridine rings is 2. The number of benzene rings is 1. The molecule has 1 aromatic carbocycles. The van der Waals surface area contributed by atoms with Gasteiger partial charge in [0.2, 0.25) is 0 Å². The number of esters is 1. The zero-order valence-electron chi connectivity index (χ0n) is 20.4. The van der Waals surface area contributed by atoms with Gasteiger partial charge in [0.25, 0.3) is 5.56 Å². The Morgan fingerprint density at radius 3 is 2.87 bits per heavy atom.